The highest BCUT2D eigenvalue weighted by molar-refractivity contribution is 5.91. The van der Waals surface area contributed by atoms with E-state index in [4.69, 9.17) is 9.47 Å². The van der Waals surface area contributed by atoms with E-state index in [1.165, 1.54) is 19.1 Å². The molecular formula is C26H33N3O7. The van der Waals surface area contributed by atoms with Crippen LogP contribution in [0.1, 0.15) is 38.8 Å². The minimum atomic E-state index is -1.05. The number of rotatable bonds is 10. The number of phenolic OH excluding ortho intramolecular Hbond substituents is 1. The van der Waals surface area contributed by atoms with E-state index < -0.39 is 48.1 Å². The zero-order valence-electron chi connectivity index (χ0n) is 20.9. The van der Waals surface area contributed by atoms with Crippen molar-refractivity contribution in [2.45, 2.75) is 58.4 Å². The van der Waals surface area contributed by atoms with Crippen molar-refractivity contribution in [3.8, 4) is 5.75 Å². The molecule has 10 heteroatoms. The van der Waals surface area contributed by atoms with Gasteiger partial charge in [-0.2, -0.15) is 0 Å². The number of aromatic hydroxyl groups is 1. The molecule has 3 amide bonds. The Bertz CT molecular complexity index is 1030. The second kappa shape index (κ2) is 13.1. The average Bonchev–Trinajstić information content (AvgIpc) is 2.81. The second-order valence-corrected chi connectivity index (χ2v) is 9.17. The van der Waals surface area contributed by atoms with Gasteiger partial charge in [0.1, 0.15) is 30.0 Å². The predicted octanol–water partition coefficient (Wildman–Crippen LogP) is 2.19. The predicted molar refractivity (Wildman–Crippen MR) is 132 cm³/mol. The number of ether oxygens (including phenoxy) is 2. The minimum Gasteiger partial charge on any atom is -0.508 e. The van der Waals surface area contributed by atoms with Gasteiger partial charge in [0.15, 0.2) is 0 Å². The first-order valence-corrected chi connectivity index (χ1v) is 11.5. The topological polar surface area (TPSA) is 143 Å². The molecule has 0 radical (unpaired) electrons. The molecule has 2 aromatic rings. The maximum atomic E-state index is 12.8. The maximum absolute atomic E-state index is 12.8. The van der Waals surface area contributed by atoms with Gasteiger partial charge in [-0.15, -0.1) is 0 Å². The summed E-state index contributed by atoms with van der Waals surface area (Å²) in [4.78, 5) is 49.5. The first-order chi connectivity index (χ1) is 16.9. The summed E-state index contributed by atoms with van der Waals surface area (Å²) in [5.41, 5.74) is 0.714. The van der Waals surface area contributed by atoms with Gasteiger partial charge in [-0.05, 0) is 51.0 Å². The molecule has 0 heterocycles. The summed E-state index contributed by atoms with van der Waals surface area (Å²) in [6, 6.07) is 13.3. The van der Waals surface area contributed by atoms with E-state index in [-0.39, 0.29) is 18.8 Å². The largest absolute Gasteiger partial charge is 0.508 e. The number of alkyl carbamates (subject to hydrolysis) is 1. The van der Waals surface area contributed by atoms with Gasteiger partial charge < -0.3 is 30.5 Å². The third kappa shape index (κ3) is 10.5. The summed E-state index contributed by atoms with van der Waals surface area (Å²) < 4.78 is 10.4. The van der Waals surface area contributed by atoms with Gasteiger partial charge in [0, 0.05) is 6.42 Å². The molecule has 36 heavy (non-hydrogen) atoms. The van der Waals surface area contributed by atoms with Crippen LogP contribution in [0.25, 0.3) is 0 Å². The summed E-state index contributed by atoms with van der Waals surface area (Å²) in [5, 5.41) is 16.9. The molecule has 0 unspecified atom stereocenters. The molecule has 10 nitrogen and oxygen atoms in total. The Kier molecular flexibility index (Phi) is 10.3. The fourth-order valence-electron chi connectivity index (χ4n) is 3.02. The van der Waals surface area contributed by atoms with E-state index >= 15 is 0 Å². The van der Waals surface area contributed by atoms with E-state index in [2.05, 4.69) is 16.0 Å². The van der Waals surface area contributed by atoms with Crippen LogP contribution in [0.15, 0.2) is 54.6 Å². The lowest BCUT2D eigenvalue weighted by atomic mass is 10.1. The normalized spacial score (nSPS) is 12.6. The monoisotopic (exact) mass is 499 g/mol. The highest BCUT2D eigenvalue weighted by atomic mass is 16.6. The van der Waals surface area contributed by atoms with E-state index in [0.717, 1.165) is 5.56 Å². The number of carbonyl (C=O) groups is 4. The second-order valence-electron chi connectivity index (χ2n) is 9.17. The molecular weight excluding hydrogens is 466 g/mol. The number of hydrogen-bond acceptors (Lipinski definition) is 7. The zero-order chi connectivity index (χ0) is 26.7. The smallest absolute Gasteiger partial charge is 0.408 e. The summed E-state index contributed by atoms with van der Waals surface area (Å²) in [5.74, 6) is -1.78. The summed E-state index contributed by atoms with van der Waals surface area (Å²) >= 11 is 0. The van der Waals surface area contributed by atoms with E-state index in [9.17, 15) is 24.3 Å². The molecule has 0 aliphatic carbocycles. The Hall–Kier alpha value is -4.08. The van der Waals surface area contributed by atoms with E-state index in [1.807, 2.05) is 30.3 Å². The first-order valence-electron chi connectivity index (χ1n) is 11.5. The molecule has 2 aromatic carbocycles. The fourth-order valence-corrected chi connectivity index (χ4v) is 3.02. The quantitative estimate of drug-likeness (QED) is 0.367. The lowest BCUT2D eigenvalue weighted by Crippen LogP contribution is -2.52. The van der Waals surface area contributed by atoms with Crippen LogP contribution >= 0.6 is 0 Å². The van der Waals surface area contributed by atoms with Gasteiger partial charge in [0.25, 0.3) is 0 Å². The van der Waals surface area contributed by atoms with Crippen molar-refractivity contribution in [3.63, 3.8) is 0 Å². The number of nitrogens with one attached hydrogen (secondary N) is 3. The van der Waals surface area contributed by atoms with Crippen molar-refractivity contribution in [3.05, 3.63) is 65.7 Å². The van der Waals surface area contributed by atoms with Crippen LogP contribution in [-0.4, -0.2) is 53.2 Å². The third-order valence-corrected chi connectivity index (χ3v) is 4.76. The lowest BCUT2D eigenvalue weighted by molar-refractivity contribution is -0.148. The van der Waals surface area contributed by atoms with Crippen molar-refractivity contribution in [2.24, 2.45) is 0 Å². The molecule has 2 atom stereocenters. The Labute approximate surface area is 210 Å². The van der Waals surface area contributed by atoms with Crippen LogP contribution < -0.4 is 16.0 Å². The number of carbonyl (C=O) groups excluding carboxylic acids is 4. The van der Waals surface area contributed by atoms with Gasteiger partial charge in [0.2, 0.25) is 11.8 Å². The minimum absolute atomic E-state index is 0.0629. The van der Waals surface area contributed by atoms with Crippen molar-refractivity contribution < 1.29 is 33.8 Å². The molecule has 0 spiro atoms. The van der Waals surface area contributed by atoms with Crippen molar-refractivity contribution in [1.82, 2.24) is 16.0 Å². The molecule has 0 aliphatic heterocycles. The molecule has 0 saturated carbocycles. The molecule has 2 rings (SSSR count). The molecule has 0 fully saturated rings. The van der Waals surface area contributed by atoms with Gasteiger partial charge >= 0.3 is 12.1 Å². The van der Waals surface area contributed by atoms with Gasteiger partial charge in [-0.25, -0.2) is 9.59 Å². The average molecular weight is 500 g/mol. The Morgan fingerprint density at radius 3 is 2.17 bits per heavy atom. The maximum Gasteiger partial charge on any atom is 0.408 e. The van der Waals surface area contributed by atoms with E-state index in [0.29, 0.717) is 5.56 Å². The number of benzene rings is 2. The number of hydrogen-bond donors (Lipinski definition) is 4. The fraction of sp³-hybridized carbons (Fsp3) is 0.385. The molecule has 0 aliphatic rings. The van der Waals surface area contributed by atoms with Crippen LogP contribution in [0.4, 0.5) is 4.79 Å². The SMILES string of the molecule is C[C@H](NC(=O)CNC(=O)[C@H](Cc1ccc(O)cc1)NC(=O)OC(C)(C)C)C(=O)OCc1ccccc1. The first kappa shape index (κ1) is 28.2. The standard InChI is InChI=1S/C26H33N3O7/c1-17(24(33)35-16-19-8-6-5-7-9-19)28-22(31)15-27-23(32)21(29-25(34)36-26(2,3)4)14-18-10-12-20(30)13-11-18/h5-13,17,21,30H,14-16H2,1-4H3,(H,27,32)(H,28,31)(H,29,34)/t17-,21-/m0/s1. The highest BCUT2D eigenvalue weighted by Gasteiger charge is 2.25. The number of esters is 1. The molecule has 0 saturated heterocycles. The zero-order valence-corrected chi connectivity index (χ0v) is 20.9. The van der Waals surface area contributed by atoms with Crippen LogP contribution in [-0.2, 0) is 36.9 Å². The Morgan fingerprint density at radius 1 is 0.917 bits per heavy atom. The van der Waals surface area contributed by atoms with Gasteiger partial charge in [-0.1, -0.05) is 42.5 Å². The van der Waals surface area contributed by atoms with Crippen LogP contribution in [0, 0.1) is 0 Å². The summed E-state index contributed by atoms with van der Waals surface area (Å²) in [6.45, 7) is 6.21. The van der Waals surface area contributed by atoms with Crippen LogP contribution in [0.3, 0.4) is 0 Å². The van der Waals surface area contributed by atoms with Crippen molar-refractivity contribution in [2.75, 3.05) is 6.54 Å². The number of amides is 3. The molecule has 194 valence electrons. The molecule has 0 aromatic heterocycles. The van der Waals surface area contributed by atoms with Crippen LogP contribution in [0.2, 0.25) is 0 Å². The Balaban J connectivity index is 1.90. The van der Waals surface area contributed by atoms with Gasteiger partial charge in [0.05, 0.1) is 6.54 Å². The lowest BCUT2D eigenvalue weighted by Gasteiger charge is -2.23. The number of phenols is 1. The summed E-state index contributed by atoms with van der Waals surface area (Å²) in [7, 11) is 0. The Morgan fingerprint density at radius 2 is 1.56 bits per heavy atom. The summed E-state index contributed by atoms with van der Waals surface area (Å²) in [6.07, 6.45) is -0.699. The van der Waals surface area contributed by atoms with Gasteiger partial charge in [-0.3, -0.25) is 9.59 Å². The highest BCUT2D eigenvalue weighted by Crippen LogP contribution is 2.12. The van der Waals surface area contributed by atoms with E-state index in [1.54, 1.807) is 32.9 Å². The van der Waals surface area contributed by atoms with Crippen molar-refractivity contribution in [1.29, 1.82) is 0 Å². The van der Waals surface area contributed by atoms with Crippen molar-refractivity contribution >= 4 is 23.9 Å². The molecule has 4 N–H and O–H groups in total. The molecule has 0 bridgehead atoms. The third-order valence-electron chi connectivity index (χ3n) is 4.76. The van der Waals surface area contributed by atoms with Crippen LogP contribution in [0.5, 0.6) is 5.75 Å².